The monoisotopic (exact) mass is 451 g/mol. The average Bonchev–Trinajstić information content (AvgIpc) is 3.45. The number of carbonyl (C=O) groups excluding carboxylic acids is 3. The van der Waals surface area contributed by atoms with Gasteiger partial charge in [-0.3, -0.25) is 9.59 Å². The number of nitrogens with one attached hydrogen (secondary N) is 3. The van der Waals surface area contributed by atoms with Crippen LogP contribution >= 0.6 is 0 Å². The van der Waals surface area contributed by atoms with E-state index in [-0.39, 0.29) is 30.3 Å². The van der Waals surface area contributed by atoms with Crippen LogP contribution in [0.2, 0.25) is 0 Å². The van der Waals surface area contributed by atoms with Gasteiger partial charge in [0.1, 0.15) is 6.04 Å². The number of ether oxygens (including phenoxy) is 1. The van der Waals surface area contributed by atoms with E-state index in [0.29, 0.717) is 44.2 Å². The number of hydrogen-bond acceptors (Lipinski definition) is 5. The zero-order valence-electron chi connectivity index (χ0n) is 19.6. The molecule has 0 aromatic rings. The number of aliphatic hydroxyl groups is 1. The van der Waals surface area contributed by atoms with Crippen molar-refractivity contribution in [2.45, 2.75) is 83.7 Å². The van der Waals surface area contributed by atoms with Crippen molar-refractivity contribution in [1.29, 1.82) is 0 Å². The van der Waals surface area contributed by atoms with Crippen LogP contribution in [0, 0.1) is 29.6 Å². The van der Waals surface area contributed by atoms with Crippen molar-refractivity contribution in [2.24, 2.45) is 29.6 Å². The number of rotatable bonds is 11. The number of aliphatic hydroxyl groups excluding tert-OH is 1. The van der Waals surface area contributed by atoms with E-state index in [9.17, 15) is 19.5 Å². The molecule has 1 aliphatic heterocycles. The van der Waals surface area contributed by atoms with E-state index in [2.05, 4.69) is 16.0 Å². The third kappa shape index (κ3) is 7.36. The molecule has 0 bridgehead atoms. The van der Waals surface area contributed by atoms with Crippen molar-refractivity contribution in [1.82, 2.24) is 16.0 Å². The van der Waals surface area contributed by atoms with E-state index < -0.39 is 18.2 Å². The lowest BCUT2D eigenvalue weighted by Crippen LogP contribution is -2.51. The molecule has 1 saturated heterocycles. The molecule has 3 aliphatic rings. The summed E-state index contributed by atoms with van der Waals surface area (Å²) in [4.78, 5) is 37.1. The maximum Gasteiger partial charge on any atom is 0.407 e. The van der Waals surface area contributed by atoms with Gasteiger partial charge in [-0.1, -0.05) is 46.0 Å². The fourth-order valence-corrected chi connectivity index (χ4v) is 5.37. The number of carbonyl (C=O) groups is 3. The van der Waals surface area contributed by atoms with Gasteiger partial charge < -0.3 is 25.8 Å². The summed E-state index contributed by atoms with van der Waals surface area (Å²) in [7, 11) is 0. The highest BCUT2D eigenvalue weighted by molar-refractivity contribution is 5.86. The van der Waals surface area contributed by atoms with Crippen molar-refractivity contribution >= 4 is 17.9 Å². The Hall–Kier alpha value is -1.83. The second-order valence-electron chi connectivity index (χ2n) is 10.4. The molecule has 0 aromatic heterocycles. The zero-order chi connectivity index (χ0) is 23.1. The summed E-state index contributed by atoms with van der Waals surface area (Å²) in [5.74, 6) is 1.54. The Balaban J connectivity index is 1.44. The molecule has 0 unspecified atom stereocenters. The average molecular weight is 452 g/mol. The van der Waals surface area contributed by atoms with Gasteiger partial charge in [0.05, 0.1) is 19.3 Å². The topological polar surface area (TPSA) is 117 Å². The molecule has 0 spiro atoms. The van der Waals surface area contributed by atoms with Crippen molar-refractivity contribution in [2.75, 3.05) is 19.8 Å². The molecule has 182 valence electrons. The first-order valence-electron chi connectivity index (χ1n) is 12.5. The summed E-state index contributed by atoms with van der Waals surface area (Å²) in [6, 6.07) is -1.26. The first-order valence-corrected chi connectivity index (χ1v) is 12.5. The predicted molar refractivity (Wildman–Crippen MR) is 121 cm³/mol. The summed E-state index contributed by atoms with van der Waals surface area (Å²) in [5, 5.41) is 18.0. The number of hydrogen-bond donors (Lipinski definition) is 4. The minimum absolute atomic E-state index is 0.0373. The van der Waals surface area contributed by atoms with Crippen LogP contribution in [-0.4, -0.2) is 54.9 Å². The Labute approximate surface area is 191 Å². The van der Waals surface area contributed by atoms with E-state index in [1.54, 1.807) is 0 Å². The van der Waals surface area contributed by atoms with Crippen molar-refractivity contribution in [3.05, 3.63) is 0 Å². The fourth-order valence-electron chi connectivity index (χ4n) is 5.37. The standard InChI is InChI=1S/C24H41N3O5/c1-15(2)10-21(23(30)26-19(13-28)11-17-8-9-25-22(17)29)27-24(31)32-14-18-12-20(18)16-6-4-3-5-7-16/h15-21,28H,3-14H2,1-2H3,(H,25,29)(H,26,30)(H,27,31)/t17-,18+,19-,20+,21-/m0/s1. The maximum absolute atomic E-state index is 12.9. The van der Waals surface area contributed by atoms with Crippen LogP contribution in [0.1, 0.15) is 71.6 Å². The first-order chi connectivity index (χ1) is 15.4. The molecule has 8 nitrogen and oxygen atoms in total. The van der Waals surface area contributed by atoms with E-state index in [1.807, 2.05) is 13.8 Å². The normalized spacial score (nSPS) is 27.5. The molecular weight excluding hydrogens is 410 g/mol. The van der Waals surface area contributed by atoms with E-state index in [0.717, 1.165) is 12.3 Å². The van der Waals surface area contributed by atoms with E-state index >= 15 is 0 Å². The Morgan fingerprint density at radius 3 is 2.53 bits per heavy atom. The van der Waals surface area contributed by atoms with Gasteiger partial charge in [0.15, 0.2) is 0 Å². The first kappa shape index (κ1) is 24.8. The van der Waals surface area contributed by atoms with Gasteiger partial charge in [-0.15, -0.1) is 0 Å². The van der Waals surface area contributed by atoms with Crippen LogP contribution in [-0.2, 0) is 14.3 Å². The Morgan fingerprint density at radius 1 is 1.16 bits per heavy atom. The van der Waals surface area contributed by atoms with Crippen LogP contribution in [0.3, 0.4) is 0 Å². The summed E-state index contributed by atoms with van der Waals surface area (Å²) in [6.07, 6.45) is 8.73. The van der Waals surface area contributed by atoms with Gasteiger partial charge in [0, 0.05) is 12.5 Å². The Bertz CT molecular complexity index is 650. The quantitative estimate of drug-likeness (QED) is 0.385. The van der Waals surface area contributed by atoms with Crippen LogP contribution in [0.25, 0.3) is 0 Å². The van der Waals surface area contributed by atoms with Gasteiger partial charge >= 0.3 is 6.09 Å². The largest absolute Gasteiger partial charge is 0.449 e. The second kappa shape index (κ2) is 11.9. The molecule has 1 heterocycles. The number of amides is 3. The Morgan fingerprint density at radius 2 is 1.91 bits per heavy atom. The lowest BCUT2D eigenvalue weighted by atomic mass is 9.85. The third-order valence-corrected chi connectivity index (χ3v) is 7.28. The molecule has 3 amide bonds. The van der Waals surface area contributed by atoms with Crippen molar-refractivity contribution in [3.8, 4) is 0 Å². The van der Waals surface area contributed by atoms with Crippen LogP contribution in [0.15, 0.2) is 0 Å². The second-order valence-corrected chi connectivity index (χ2v) is 10.4. The Kier molecular flexibility index (Phi) is 9.20. The highest BCUT2D eigenvalue weighted by atomic mass is 16.5. The molecule has 0 aromatic carbocycles. The summed E-state index contributed by atoms with van der Waals surface area (Å²) < 4.78 is 5.47. The highest BCUT2D eigenvalue weighted by Crippen LogP contribution is 2.49. The van der Waals surface area contributed by atoms with Gasteiger partial charge in [0.2, 0.25) is 11.8 Å². The molecular formula is C24H41N3O5. The SMILES string of the molecule is CC(C)C[C@H](NC(=O)OC[C@H]1C[C@@H]1C1CCCCC1)C(=O)N[C@H](CO)C[C@@H]1CCNC1=O. The van der Waals surface area contributed by atoms with Gasteiger partial charge in [-0.2, -0.15) is 0 Å². The lowest BCUT2D eigenvalue weighted by Gasteiger charge is -2.24. The van der Waals surface area contributed by atoms with E-state index in [4.69, 9.17) is 4.74 Å². The third-order valence-electron chi connectivity index (χ3n) is 7.28. The highest BCUT2D eigenvalue weighted by Gasteiger charge is 2.43. The van der Waals surface area contributed by atoms with Crippen LogP contribution in [0.4, 0.5) is 4.79 Å². The van der Waals surface area contributed by atoms with E-state index in [1.165, 1.54) is 32.1 Å². The molecule has 32 heavy (non-hydrogen) atoms. The summed E-state index contributed by atoms with van der Waals surface area (Å²) >= 11 is 0. The van der Waals surface area contributed by atoms with Crippen molar-refractivity contribution < 1.29 is 24.2 Å². The summed E-state index contributed by atoms with van der Waals surface area (Å²) in [5.41, 5.74) is 0. The van der Waals surface area contributed by atoms with Crippen LogP contribution < -0.4 is 16.0 Å². The molecule has 5 atom stereocenters. The molecule has 4 N–H and O–H groups in total. The van der Waals surface area contributed by atoms with Gasteiger partial charge in [-0.05, 0) is 49.4 Å². The van der Waals surface area contributed by atoms with Gasteiger partial charge in [-0.25, -0.2) is 4.79 Å². The molecule has 2 saturated carbocycles. The lowest BCUT2D eigenvalue weighted by molar-refractivity contribution is -0.126. The maximum atomic E-state index is 12.9. The number of alkyl carbamates (subject to hydrolysis) is 1. The van der Waals surface area contributed by atoms with Gasteiger partial charge in [0.25, 0.3) is 0 Å². The smallest absolute Gasteiger partial charge is 0.407 e. The fraction of sp³-hybridized carbons (Fsp3) is 0.875. The molecule has 8 heteroatoms. The molecule has 3 fully saturated rings. The minimum atomic E-state index is -0.734. The van der Waals surface area contributed by atoms with Crippen LogP contribution in [0.5, 0.6) is 0 Å². The zero-order valence-corrected chi connectivity index (χ0v) is 19.6. The molecule has 3 rings (SSSR count). The molecule has 2 aliphatic carbocycles. The predicted octanol–water partition coefficient (Wildman–Crippen LogP) is 2.35. The minimum Gasteiger partial charge on any atom is -0.449 e. The summed E-state index contributed by atoms with van der Waals surface area (Å²) in [6.45, 7) is 4.76. The molecule has 0 radical (unpaired) electrons. The van der Waals surface area contributed by atoms with Crippen molar-refractivity contribution in [3.63, 3.8) is 0 Å².